The van der Waals surface area contributed by atoms with E-state index in [0.29, 0.717) is 5.82 Å². The Balaban J connectivity index is 2.50. The first-order valence-corrected chi connectivity index (χ1v) is 6.94. The maximum atomic E-state index is 11.9. The highest BCUT2D eigenvalue weighted by molar-refractivity contribution is 5.57. The second-order valence-corrected chi connectivity index (χ2v) is 4.42. The molecule has 0 aliphatic rings. The number of aromatic nitrogens is 2. The zero-order chi connectivity index (χ0) is 15.7. The number of alkyl halides is 3. The fraction of sp³-hybridized carbons (Fsp3) is 0.692. The van der Waals surface area contributed by atoms with Crippen LogP contribution in [0.25, 0.3) is 0 Å². The summed E-state index contributed by atoms with van der Waals surface area (Å²) in [5.74, 6) is 1.38. The molecule has 1 aromatic heterocycles. The monoisotopic (exact) mass is 306 g/mol. The molecule has 1 rings (SSSR count). The van der Waals surface area contributed by atoms with E-state index in [1.165, 1.54) is 6.33 Å². The molecule has 0 aromatic carbocycles. The van der Waals surface area contributed by atoms with Crippen LogP contribution in [0, 0.1) is 0 Å². The van der Waals surface area contributed by atoms with Crippen molar-refractivity contribution in [1.29, 1.82) is 0 Å². The van der Waals surface area contributed by atoms with Crippen LogP contribution >= 0.6 is 0 Å². The predicted molar refractivity (Wildman–Crippen MR) is 75.6 cm³/mol. The Morgan fingerprint density at radius 1 is 1.10 bits per heavy atom. The van der Waals surface area contributed by atoms with E-state index in [1.54, 1.807) is 0 Å². The second-order valence-electron chi connectivity index (χ2n) is 4.42. The predicted octanol–water partition coefficient (Wildman–Crippen LogP) is 2.85. The molecule has 0 amide bonds. The minimum atomic E-state index is -4.29. The number of ether oxygens (including phenoxy) is 1. The molecule has 0 spiro atoms. The van der Waals surface area contributed by atoms with E-state index in [4.69, 9.17) is 0 Å². The van der Waals surface area contributed by atoms with Gasteiger partial charge in [-0.2, -0.15) is 13.2 Å². The molecule has 0 saturated carbocycles. The van der Waals surface area contributed by atoms with Crippen LogP contribution in [0.1, 0.15) is 25.8 Å². The zero-order valence-corrected chi connectivity index (χ0v) is 12.3. The SMILES string of the molecule is CCCNc1ncnc(NCCOCC(F)(F)F)c1CC. The van der Waals surface area contributed by atoms with Crippen molar-refractivity contribution in [3.63, 3.8) is 0 Å². The highest BCUT2D eigenvalue weighted by Crippen LogP contribution is 2.20. The van der Waals surface area contributed by atoms with Crippen molar-refractivity contribution in [3.8, 4) is 0 Å². The highest BCUT2D eigenvalue weighted by Gasteiger charge is 2.27. The Hall–Kier alpha value is -1.57. The molecule has 0 aliphatic carbocycles. The quantitative estimate of drug-likeness (QED) is 0.687. The number of nitrogens with one attached hydrogen (secondary N) is 2. The van der Waals surface area contributed by atoms with E-state index in [-0.39, 0.29) is 13.2 Å². The van der Waals surface area contributed by atoms with Crippen LogP contribution in [0.4, 0.5) is 24.8 Å². The maximum Gasteiger partial charge on any atom is 0.411 e. The molecule has 0 fully saturated rings. The van der Waals surface area contributed by atoms with Gasteiger partial charge in [-0.25, -0.2) is 9.97 Å². The first kappa shape index (κ1) is 17.5. The lowest BCUT2D eigenvalue weighted by Gasteiger charge is -2.14. The Morgan fingerprint density at radius 2 is 1.71 bits per heavy atom. The minimum absolute atomic E-state index is 0.0373. The summed E-state index contributed by atoms with van der Waals surface area (Å²) < 4.78 is 40.3. The summed E-state index contributed by atoms with van der Waals surface area (Å²) in [4.78, 5) is 8.31. The molecule has 0 aliphatic heterocycles. The minimum Gasteiger partial charge on any atom is -0.370 e. The first-order valence-electron chi connectivity index (χ1n) is 6.94. The molecule has 0 bridgehead atoms. The summed E-state index contributed by atoms with van der Waals surface area (Å²) in [6.07, 6.45) is -1.17. The lowest BCUT2D eigenvalue weighted by Crippen LogP contribution is -2.20. The van der Waals surface area contributed by atoms with Crippen molar-refractivity contribution in [1.82, 2.24) is 9.97 Å². The van der Waals surface area contributed by atoms with Gasteiger partial charge in [0.05, 0.1) is 6.61 Å². The van der Waals surface area contributed by atoms with Crippen LogP contribution in [0.5, 0.6) is 0 Å². The molecule has 21 heavy (non-hydrogen) atoms. The molecular formula is C13H21F3N4O. The van der Waals surface area contributed by atoms with E-state index < -0.39 is 12.8 Å². The molecule has 0 atom stereocenters. The summed E-state index contributed by atoms with van der Waals surface area (Å²) in [6.45, 7) is 3.82. The molecule has 120 valence electrons. The molecule has 0 radical (unpaired) electrons. The van der Waals surface area contributed by atoms with Crippen molar-refractivity contribution in [2.45, 2.75) is 32.9 Å². The summed E-state index contributed by atoms with van der Waals surface area (Å²) >= 11 is 0. The summed E-state index contributed by atoms with van der Waals surface area (Å²) in [7, 11) is 0. The van der Waals surface area contributed by atoms with Crippen molar-refractivity contribution in [2.24, 2.45) is 0 Å². The smallest absolute Gasteiger partial charge is 0.370 e. The molecule has 2 N–H and O–H groups in total. The number of anilines is 2. The second kappa shape index (κ2) is 8.66. The van der Waals surface area contributed by atoms with Crippen molar-refractivity contribution < 1.29 is 17.9 Å². The van der Waals surface area contributed by atoms with Crippen molar-refractivity contribution >= 4 is 11.6 Å². The van der Waals surface area contributed by atoms with Gasteiger partial charge in [-0.3, -0.25) is 0 Å². The molecule has 0 saturated heterocycles. The maximum absolute atomic E-state index is 11.9. The van der Waals surface area contributed by atoms with Crippen molar-refractivity contribution in [3.05, 3.63) is 11.9 Å². The average molecular weight is 306 g/mol. The first-order chi connectivity index (χ1) is 9.98. The van der Waals surface area contributed by atoms with Gasteiger partial charge in [0.25, 0.3) is 0 Å². The lowest BCUT2D eigenvalue weighted by atomic mass is 10.2. The summed E-state index contributed by atoms with van der Waals surface area (Å²) in [6, 6.07) is 0. The van der Waals surface area contributed by atoms with Gasteiger partial charge in [0.1, 0.15) is 24.6 Å². The van der Waals surface area contributed by atoms with E-state index in [0.717, 1.165) is 30.8 Å². The van der Waals surface area contributed by atoms with E-state index in [2.05, 4.69) is 32.3 Å². The van der Waals surface area contributed by atoms with Crippen molar-refractivity contribution in [2.75, 3.05) is 36.9 Å². The number of halogens is 3. The Morgan fingerprint density at radius 3 is 2.24 bits per heavy atom. The molecule has 8 heteroatoms. The molecular weight excluding hydrogens is 285 g/mol. The van der Waals surface area contributed by atoms with Crippen LogP contribution in [0.2, 0.25) is 0 Å². The molecule has 0 unspecified atom stereocenters. The van der Waals surface area contributed by atoms with E-state index in [1.807, 2.05) is 6.92 Å². The third-order valence-corrected chi connectivity index (χ3v) is 2.65. The fourth-order valence-corrected chi connectivity index (χ4v) is 1.72. The van der Waals surface area contributed by atoms with Gasteiger partial charge in [0.15, 0.2) is 0 Å². The van der Waals surface area contributed by atoms with Gasteiger partial charge < -0.3 is 15.4 Å². The van der Waals surface area contributed by atoms with Crippen LogP contribution in [-0.2, 0) is 11.2 Å². The van der Waals surface area contributed by atoms with Gasteiger partial charge in [0.2, 0.25) is 0 Å². The van der Waals surface area contributed by atoms with Gasteiger partial charge >= 0.3 is 6.18 Å². The third kappa shape index (κ3) is 6.61. The topological polar surface area (TPSA) is 59.1 Å². The fourth-order valence-electron chi connectivity index (χ4n) is 1.72. The number of hydrogen-bond acceptors (Lipinski definition) is 5. The van der Waals surface area contributed by atoms with Crippen LogP contribution in [-0.4, -0.2) is 42.4 Å². The van der Waals surface area contributed by atoms with Crippen LogP contribution < -0.4 is 10.6 Å². The van der Waals surface area contributed by atoms with Crippen LogP contribution in [0.15, 0.2) is 6.33 Å². The van der Waals surface area contributed by atoms with Gasteiger partial charge in [-0.15, -0.1) is 0 Å². The van der Waals surface area contributed by atoms with Gasteiger partial charge in [-0.1, -0.05) is 13.8 Å². The normalized spacial score (nSPS) is 11.5. The van der Waals surface area contributed by atoms with Gasteiger partial charge in [0, 0.05) is 18.7 Å². The summed E-state index contributed by atoms with van der Waals surface area (Å²) in [5, 5.41) is 6.19. The Bertz CT molecular complexity index is 426. The number of hydrogen-bond donors (Lipinski definition) is 2. The third-order valence-electron chi connectivity index (χ3n) is 2.65. The lowest BCUT2D eigenvalue weighted by molar-refractivity contribution is -0.172. The Labute approximate surface area is 122 Å². The largest absolute Gasteiger partial charge is 0.411 e. The highest BCUT2D eigenvalue weighted by atomic mass is 19.4. The number of rotatable bonds is 9. The number of nitrogens with zero attached hydrogens (tertiary/aromatic N) is 2. The molecule has 5 nitrogen and oxygen atoms in total. The Kier molecular flexibility index (Phi) is 7.21. The van der Waals surface area contributed by atoms with E-state index in [9.17, 15) is 13.2 Å². The zero-order valence-electron chi connectivity index (χ0n) is 12.3. The standard InChI is InChI=1S/C13H21F3N4O/c1-3-5-17-11-10(4-2)12(20-9-19-11)18-6-7-21-8-13(14,15)16/h9H,3-8H2,1-2H3,(H2,17,18,19,20). The summed E-state index contributed by atoms with van der Waals surface area (Å²) in [5.41, 5.74) is 0.918. The van der Waals surface area contributed by atoms with E-state index >= 15 is 0 Å². The average Bonchev–Trinajstić information content (AvgIpc) is 2.43. The molecule has 1 aromatic rings. The van der Waals surface area contributed by atoms with Crippen LogP contribution in [0.3, 0.4) is 0 Å². The molecule has 1 heterocycles. The van der Waals surface area contributed by atoms with Gasteiger partial charge in [-0.05, 0) is 12.8 Å².